The maximum absolute atomic E-state index is 13.2. The number of aliphatic hydroxyl groups excluding tert-OH is 2. The van der Waals surface area contributed by atoms with Crippen LogP contribution in [-0.2, 0) is 14.3 Å². The van der Waals surface area contributed by atoms with Crippen molar-refractivity contribution >= 4 is 11.9 Å². The van der Waals surface area contributed by atoms with Crippen molar-refractivity contribution in [3.8, 4) is 0 Å². The third-order valence-electron chi connectivity index (χ3n) is 11.5. The summed E-state index contributed by atoms with van der Waals surface area (Å²) >= 11 is 0. The highest BCUT2D eigenvalue weighted by molar-refractivity contribution is 5.77. The molecule has 0 aliphatic heterocycles. The van der Waals surface area contributed by atoms with E-state index in [-0.39, 0.29) is 24.9 Å². The molecule has 3 atom stereocenters. The fourth-order valence-corrected chi connectivity index (χ4v) is 7.64. The van der Waals surface area contributed by atoms with Crippen molar-refractivity contribution in [1.82, 2.24) is 5.32 Å². The molecular weight excluding hydrogens is 743 g/mol. The smallest absolute Gasteiger partial charge is 0.306 e. The van der Waals surface area contributed by atoms with E-state index >= 15 is 0 Å². The molecule has 6 nitrogen and oxygen atoms in total. The first-order valence-electron chi connectivity index (χ1n) is 25.6. The Morgan fingerprint density at radius 1 is 0.500 bits per heavy atom. The second-order valence-electron chi connectivity index (χ2n) is 17.3. The van der Waals surface area contributed by atoms with Crippen LogP contribution >= 0.6 is 0 Å². The molecule has 6 heteroatoms. The molecular formula is C54H97NO5. The van der Waals surface area contributed by atoms with Gasteiger partial charge in [0.15, 0.2) is 0 Å². The molecule has 0 bridgehead atoms. The third kappa shape index (κ3) is 42.3. The van der Waals surface area contributed by atoms with E-state index in [2.05, 4.69) is 38.2 Å². The minimum atomic E-state index is -0.799. The van der Waals surface area contributed by atoms with Gasteiger partial charge in [0, 0.05) is 6.42 Å². The number of ether oxygens (including phenoxy) is 1. The van der Waals surface area contributed by atoms with Crippen LogP contribution in [0.3, 0.4) is 0 Å². The molecule has 0 heterocycles. The Morgan fingerprint density at radius 3 is 1.30 bits per heavy atom. The third-order valence-corrected chi connectivity index (χ3v) is 11.5. The Hall–Kier alpha value is -2.44. The van der Waals surface area contributed by atoms with E-state index in [1.54, 1.807) is 0 Å². The van der Waals surface area contributed by atoms with Crippen molar-refractivity contribution in [2.24, 2.45) is 0 Å². The van der Waals surface area contributed by atoms with Crippen LogP contribution in [0.25, 0.3) is 0 Å². The number of unbranched alkanes of at least 4 members (excludes halogenated alkanes) is 27. The number of hydrogen-bond donors (Lipinski definition) is 3. The van der Waals surface area contributed by atoms with Gasteiger partial charge in [0.1, 0.15) is 6.10 Å². The van der Waals surface area contributed by atoms with Gasteiger partial charge in [-0.25, -0.2) is 0 Å². The average molecular weight is 840 g/mol. The Bertz CT molecular complexity index is 1080. The molecule has 0 aliphatic carbocycles. The molecule has 0 saturated heterocycles. The number of esters is 1. The van der Waals surface area contributed by atoms with Crippen molar-refractivity contribution in [3.05, 3.63) is 60.8 Å². The number of allylic oxidation sites excluding steroid dienone is 10. The van der Waals surface area contributed by atoms with Crippen molar-refractivity contribution in [3.63, 3.8) is 0 Å². The number of carbonyl (C=O) groups excluding carboxylic acids is 2. The Balaban J connectivity index is 4.66. The van der Waals surface area contributed by atoms with Gasteiger partial charge in [-0.05, 0) is 38.5 Å². The van der Waals surface area contributed by atoms with Crippen LogP contribution in [0, 0.1) is 0 Å². The predicted molar refractivity (Wildman–Crippen MR) is 259 cm³/mol. The van der Waals surface area contributed by atoms with Crippen molar-refractivity contribution in [2.45, 2.75) is 264 Å². The summed E-state index contributed by atoms with van der Waals surface area (Å²) in [6.07, 6.45) is 58.6. The summed E-state index contributed by atoms with van der Waals surface area (Å²) in [6.45, 7) is 6.33. The number of nitrogens with one attached hydrogen (secondary N) is 1. The maximum Gasteiger partial charge on any atom is 0.306 e. The summed E-state index contributed by atoms with van der Waals surface area (Å²) in [7, 11) is 0. The van der Waals surface area contributed by atoms with E-state index < -0.39 is 18.2 Å². The van der Waals surface area contributed by atoms with Gasteiger partial charge in [-0.1, -0.05) is 255 Å². The summed E-state index contributed by atoms with van der Waals surface area (Å²) in [4.78, 5) is 26.1. The van der Waals surface area contributed by atoms with Crippen LogP contribution in [0.15, 0.2) is 60.8 Å². The van der Waals surface area contributed by atoms with E-state index in [1.807, 2.05) is 48.6 Å². The van der Waals surface area contributed by atoms with Crippen LogP contribution in [0.1, 0.15) is 245 Å². The number of carbonyl (C=O) groups is 2. The zero-order valence-corrected chi connectivity index (χ0v) is 39.6. The van der Waals surface area contributed by atoms with Gasteiger partial charge in [0.25, 0.3) is 0 Å². The molecule has 0 spiro atoms. The van der Waals surface area contributed by atoms with E-state index in [4.69, 9.17) is 4.74 Å². The fourth-order valence-electron chi connectivity index (χ4n) is 7.64. The molecule has 0 aromatic carbocycles. The van der Waals surface area contributed by atoms with Crippen LogP contribution in [-0.4, -0.2) is 46.9 Å². The van der Waals surface area contributed by atoms with Gasteiger partial charge in [0.05, 0.1) is 25.2 Å². The molecule has 60 heavy (non-hydrogen) atoms. The molecule has 0 saturated carbocycles. The molecule has 348 valence electrons. The second-order valence-corrected chi connectivity index (χ2v) is 17.3. The lowest BCUT2D eigenvalue weighted by molar-refractivity contribution is -0.151. The Kier molecular flexibility index (Phi) is 45.7. The standard InChI is InChI=1S/C54H97NO5/c1-4-7-10-13-16-19-22-24-25-26-27-29-31-33-36-39-42-45-50(60-54(59)47-44-41-38-35-32-28-23-20-17-14-11-8-5-2)48-53(58)55-51(49-56)52(57)46-43-40-37-34-30-21-18-15-12-9-6-3/h8,11,14,17,20,23,28,32,35,38,50-52,56-57H,4-7,9-10,12-13,15-16,18-19,21-22,24-27,29-31,33-34,36-37,39-49H2,1-3H3,(H,55,58)/b11-8+,17-14+,23-20-,32-28-,38-35+. The Morgan fingerprint density at radius 2 is 0.883 bits per heavy atom. The minimum absolute atomic E-state index is 0.0502. The van der Waals surface area contributed by atoms with Crippen LogP contribution in [0.4, 0.5) is 0 Å². The SMILES string of the molecule is CC/C=C/C=C/C=C\C=C/C=C/CCCC(=O)OC(CCCCCCCCCCCCCCCCCCC)CC(=O)NC(CO)C(O)CCCCCCCCCCCCC. The highest BCUT2D eigenvalue weighted by Gasteiger charge is 2.24. The number of hydrogen-bond acceptors (Lipinski definition) is 5. The maximum atomic E-state index is 13.2. The first kappa shape index (κ1) is 57.6. The lowest BCUT2D eigenvalue weighted by Crippen LogP contribution is -2.46. The molecule has 0 aliphatic rings. The fraction of sp³-hybridized carbons (Fsp3) is 0.778. The van der Waals surface area contributed by atoms with E-state index in [0.717, 1.165) is 51.4 Å². The second kappa shape index (κ2) is 47.6. The van der Waals surface area contributed by atoms with Gasteiger partial charge in [0.2, 0.25) is 5.91 Å². The van der Waals surface area contributed by atoms with Crippen LogP contribution < -0.4 is 5.32 Å². The van der Waals surface area contributed by atoms with E-state index in [0.29, 0.717) is 25.7 Å². The topological polar surface area (TPSA) is 95.9 Å². The van der Waals surface area contributed by atoms with Crippen LogP contribution in [0.2, 0.25) is 0 Å². The summed E-state index contributed by atoms with van der Waals surface area (Å²) in [5, 5.41) is 23.7. The average Bonchev–Trinajstić information content (AvgIpc) is 3.24. The minimum Gasteiger partial charge on any atom is -0.462 e. The van der Waals surface area contributed by atoms with Crippen molar-refractivity contribution in [2.75, 3.05) is 6.61 Å². The molecule has 0 aromatic rings. The molecule has 0 aromatic heterocycles. The number of rotatable bonds is 45. The largest absolute Gasteiger partial charge is 0.462 e. The van der Waals surface area contributed by atoms with Crippen molar-refractivity contribution < 1.29 is 24.5 Å². The molecule has 3 N–H and O–H groups in total. The zero-order chi connectivity index (χ0) is 43.8. The molecule has 3 unspecified atom stereocenters. The van der Waals surface area contributed by atoms with E-state index in [1.165, 1.54) is 141 Å². The quantitative estimate of drug-likeness (QED) is 0.0322. The molecule has 1 amide bonds. The van der Waals surface area contributed by atoms with Crippen molar-refractivity contribution in [1.29, 1.82) is 0 Å². The van der Waals surface area contributed by atoms with Crippen LogP contribution in [0.5, 0.6) is 0 Å². The molecule has 0 fully saturated rings. The lowest BCUT2D eigenvalue weighted by atomic mass is 10.0. The first-order valence-corrected chi connectivity index (χ1v) is 25.6. The first-order chi connectivity index (χ1) is 29.5. The number of amides is 1. The zero-order valence-electron chi connectivity index (χ0n) is 39.6. The monoisotopic (exact) mass is 840 g/mol. The van der Waals surface area contributed by atoms with Gasteiger partial charge in [-0.15, -0.1) is 0 Å². The number of aliphatic hydroxyl groups is 2. The lowest BCUT2D eigenvalue weighted by Gasteiger charge is -2.24. The van der Waals surface area contributed by atoms with E-state index in [9.17, 15) is 19.8 Å². The van der Waals surface area contributed by atoms with Gasteiger partial charge >= 0.3 is 5.97 Å². The summed E-state index contributed by atoms with van der Waals surface area (Å²) in [5.74, 6) is -0.556. The molecule has 0 radical (unpaired) electrons. The Labute approximate surface area is 371 Å². The summed E-state index contributed by atoms with van der Waals surface area (Å²) < 4.78 is 5.89. The van der Waals surface area contributed by atoms with Gasteiger partial charge in [-0.2, -0.15) is 0 Å². The summed E-state index contributed by atoms with van der Waals surface area (Å²) in [6, 6.07) is -0.715. The highest BCUT2D eigenvalue weighted by atomic mass is 16.5. The predicted octanol–water partition coefficient (Wildman–Crippen LogP) is 15.2. The molecule has 0 rings (SSSR count). The highest BCUT2D eigenvalue weighted by Crippen LogP contribution is 2.18. The van der Waals surface area contributed by atoms with Gasteiger partial charge in [-0.3, -0.25) is 9.59 Å². The van der Waals surface area contributed by atoms with Gasteiger partial charge < -0.3 is 20.3 Å². The summed E-state index contributed by atoms with van der Waals surface area (Å²) in [5.41, 5.74) is 0. The normalized spacial score (nSPS) is 13.8.